The van der Waals surface area contributed by atoms with Crippen LogP contribution in [0.1, 0.15) is 79.1 Å². The van der Waals surface area contributed by atoms with E-state index in [1.807, 2.05) is 0 Å². The number of hydrogen-bond donors (Lipinski definition) is 1. The maximum atomic E-state index is 12.0. The van der Waals surface area contributed by atoms with Crippen LogP contribution in [0.2, 0.25) is 0 Å². The highest BCUT2D eigenvalue weighted by Crippen LogP contribution is 2.69. The summed E-state index contributed by atoms with van der Waals surface area (Å²) >= 11 is 0. The van der Waals surface area contributed by atoms with Crippen molar-refractivity contribution in [2.75, 3.05) is 0 Å². The van der Waals surface area contributed by atoms with Crippen LogP contribution in [0.5, 0.6) is 0 Å². The molecule has 4 saturated carbocycles. The first-order valence-corrected chi connectivity index (χ1v) is 9.93. The Hall–Kier alpha value is -0.370. The van der Waals surface area contributed by atoms with Crippen molar-refractivity contribution >= 4 is 5.78 Å². The third kappa shape index (κ3) is 2.00. The second-order valence-electron chi connectivity index (χ2n) is 10.2. The van der Waals surface area contributed by atoms with Gasteiger partial charge in [0.05, 0.1) is 5.60 Å². The maximum absolute atomic E-state index is 12.0. The Morgan fingerprint density at radius 1 is 1.04 bits per heavy atom. The van der Waals surface area contributed by atoms with Crippen molar-refractivity contribution in [2.45, 2.75) is 84.7 Å². The van der Waals surface area contributed by atoms with Gasteiger partial charge in [-0.2, -0.15) is 0 Å². The molecule has 130 valence electrons. The summed E-state index contributed by atoms with van der Waals surface area (Å²) in [6.45, 7) is 9.40. The average Bonchev–Trinajstić information content (AvgIpc) is 2.72. The largest absolute Gasteiger partial charge is 0.390 e. The number of Topliss-reactive ketones (excluding diaryl/α,β-unsaturated/α-hetero) is 1. The van der Waals surface area contributed by atoms with Gasteiger partial charge < -0.3 is 5.11 Å². The van der Waals surface area contributed by atoms with Crippen LogP contribution in [0.25, 0.3) is 0 Å². The molecule has 0 bridgehead atoms. The van der Waals surface area contributed by atoms with Gasteiger partial charge in [0.25, 0.3) is 0 Å². The van der Waals surface area contributed by atoms with Crippen molar-refractivity contribution in [3.05, 3.63) is 0 Å². The fourth-order valence-corrected chi connectivity index (χ4v) is 7.67. The van der Waals surface area contributed by atoms with E-state index in [9.17, 15) is 9.90 Å². The first-order chi connectivity index (χ1) is 10.7. The van der Waals surface area contributed by atoms with Gasteiger partial charge in [0.15, 0.2) is 0 Å². The van der Waals surface area contributed by atoms with E-state index >= 15 is 0 Å². The second-order valence-corrected chi connectivity index (χ2v) is 10.2. The van der Waals surface area contributed by atoms with Crippen molar-refractivity contribution in [2.24, 2.45) is 40.4 Å². The molecule has 0 aliphatic heterocycles. The smallest absolute Gasteiger partial charge is 0.133 e. The molecular weight excluding hydrogens is 284 g/mol. The van der Waals surface area contributed by atoms with Gasteiger partial charge in [0, 0.05) is 12.8 Å². The van der Waals surface area contributed by atoms with E-state index in [-0.39, 0.29) is 5.41 Å². The van der Waals surface area contributed by atoms with E-state index in [4.69, 9.17) is 0 Å². The number of ketones is 1. The summed E-state index contributed by atoms with van der Waals surface area (Å²) in [5.41, 5.74) is -0.000383. The van der Waals surface area contributed by atoms with Crippen molar-refractivity contribution in [3.63, 3.8) is 0 Å². The van der Waals surface area contributed by atoms with Gasteiger partial charge in [0.1, 0.15) is 5.78 Å². The van der Waals surface area contributed by atoms with Gasteiger partial charge in [-0.25, -0.2) is 0 Å². The average molecular weight is 319 g/mol. The Morgan fingerprint density at radius 3 is 2.48 bits per heavy atom. The predicted molar refractivity (Wildman–Crippen MR) is 91.9 cm³/mol. The van der Waals surface area contributed by atoms with E-state index < -0.39 is 5.60 Å². The van der Waals surface area contributed by atoms with Crippen LogP contribution >= 0.6 is 0 Å². The van der Waals surface area contributed by atoms with Crippen LogP contribution < -0.4 is 0 Å². The lowest BCUT2D eigenvalue weighted by Gasteiger charge is -2.62. The van der Waals surface area contributed by atoms with Gasteiger partial charge in [0.2, 0.25) is 0 Å². The number of rotatable bonds is 0. The second kappa shape index (κ2) is 4.84. The highest BCUT2D eigenvalue weighted by Gasteiger charge is 2.64. The number of fused-ring (bicyclic) bond motifs is 5. The van der Waals surface area contributed by atoms with Crippen LogP contribution in [0.3, 0.4) is 0 Å². The van der Waals surface area contributed by atoms with Gasteiger partial charge in [-0.05, 0) is 85.9 Å². The molecule has 0 aromatic carbocycles. The molecule has 0 spiro atoms. The summed E-state index contributed by atoms with van der Waals surface area (Å²) in [5, 5.41) is 11.0. The van der Waals surface area contributed by atoms with E-state index in [0.29, 0.717) is 29.0 Å². The molecule has 4 aliphatic rings. The first kappa shape index (κ1) is 16.1. The zero-order valence-corrected chi connectivity index (χ0v) is 15.4. The number of hydrogen-bond acceptors (Lipinski definition) is 2. The molecule has 0 saturated heterocycles. The molecule has 0 aromatic rings. The zero-order valence-electron chi connectivity index (χ0n) is 15.4. The molecule has 0 radical (unpaired) electrons. The molecule has 4 rings (SSSR count). The Balaban J connectivity index is 1.70. The quantitative estimate of drug-likeness (QED) is 0.709. The fraction of sp³-hybridized carbons (Fsp3) is 0.952. The van der Waals surface area contributed by atoms with Gasteiger partial charge in [-0.15, -0.1) is 0 Å². The molecule has 0 amide bonds. The van der Waals surface area contributed by atoms with Crippen molar-refractivity contribution < 1.29 is 9.90 Å². The molecule has 4 fully saturated rings. The Bertz CT molecular complexity index is 524. The van der Waals surface area contributed by atoms with E-state index in [1.165, 1.54) is 25.7 Å². The minimum Gasteiger partial charge on any atom is -0.390 e. The molecule has 2 nitrogen and oxygen atoms in total. The summed E-state index contributed by atoms with van der Waals surface area (Å²) in [5.74, 6) is 4.05. The van der Waals surface area contributed by atoms with Gasteiger partial charge >= 0.3 is 0 Å². The third-order valence-electron chi connectivity index (χ3n) is 9.40. The van der Waals surface area contributed by atoms with Crippen molar-refractivity contribution in [3.8, 4) is 0 Å². The standard InChI is InChI=1S/C21H34O2/c1-13-11-14-12-15(22)5-8-19(14,2)16-6-9-20(3)17(18(13)16)7-10-21(20,4)23/h13-14,16-18,23H,5-12H2,1-4H3/t13-,14-,16-,17-,18+,19-,20-,21-/m0/s1. The summed E-state index contributed by atoms with van der Waals surface area (Å²) in [7, 11) is 0. The third-order valence-corrected chi connectivity index (χ3v) is 9.40. The normalized spacial score (nSPS) is 59.2. The molecule has 4 aliphatic carbocycles. The van der Waals surface area contributed by atoms with E-state index in [1.54, 1.807) is 0 Å². The lowest BCUT2D eigenvalue weighted by molar-refractivity contribution is -0.165. The van der Waals surface area contributed by atoms with Gasteiger partial charge in [-0.1, -0.05) is 20.8 Å². The van der Waals surface area contributed by atoms with Crippen LogP contribution in [-0.2, 0) is 4.79 Å². The first-order valence-electron chi connectivity index (χ1n) is 9.93. The molecule has 1 N–H and O–H groups in total. The highest BCUT2D eigenvalue weighted by molar-refractivity contribution is 5.79. The maximum Gasteiger partial charge on any atom is 0.133 e. The topological polar surface area (TPSA) is 37.3 Å². The number of aliphatic hydroxyl groups is 1. The Kier molecular flexibility index (Phi) is 3.39. The molecule has 0 aromatic heterocycles. The lowest BCUT2D eigenvalue weighted by atomic mass is 9.42. The summed E-state index contributed by atoms with van der Waals surface area (Å²) < 4.78 is 0. The summed E-state index contributed by atoms with van der Waals surface area (Å²) in [6.07, 6.45) is 8.61. The molecule has 8 atom stereocenters. The molecule has 2 heteroatoms. The molecule has 0 heterocycles. The van der Waals surface area contributed by atoms with Crippen LogP contribution in [0.4, 0.5) is 0 Å². The fourth-order valence-electron chi connectivity index (χ4n) is 7.67. The Morgan fingerprint density at radius 2 is 1.74 bits per heavy atom. The SMILES string of the molecule is C[C@H]1C[C@H]2CC(=O)CC[C@]2(C)[C@H]2CC[C@@]3(C)[C@@H](CC[C@]3(C)O)[C@H]12. The zero-order chi connectivity index (χ0) is 16.6. The van der Waals surface area contributed by atoms with Gasteiger partial charge in [-0.3, -0.25) is 4.79 Å². The number of carbonyl (C=O) groups excluding carboxylic acids is 1. The minimum absolute atomic E-state index is 0.107. The molecule has 23 heavy (non-hydrogen) atoms. The minimum atomic E-state index is -0.483. The number of carbonyl (C=O) groups is 1. The monoisotopic (exact) mass is 318 g/mol. The van der Waals surface area contributed by atoms with Crippen LogP contribution in [-0.4, -0.2) is 16.5 Å². The van der Waals surface area contributed by atoms with Crippen molar-refractivity contribution in [1.82, 2.24) is 0 Å². The predicted octanol–water partition coefficient (Wildman–Crippen LogP) is 4.60. The van der Waals surface area contributed by atoms with Crippen LogP contribution in [0, 0.1) is 40.4 Å². The summed E-state index contributed by atoms with van der Waals surface area (Å²) in [6, 6.07) is 0. The van der Waals surface area contributed by atoms with E-state index in [0.717, 1.165) is 37.5 Å². The highest BCUT2D eigenvalue weighted by atomic mass is 16.3. The Labute approximate surface area is 141 Å². The summed E-state index contributed by atoms with van der Waals surface area (Å²) in [4.78, 5) is 12.0. The van der Waals surface area contributed by atoms with E-state index in [2.05, 4.69) is 27.7 Å². The van der Waals surface area contributed by atoms with Crippen molar-refractivity contribution in [1.29, 1.82) is 0 Å². The molecular formula is C21H34O2. The molecule has 0 unspecified atom stereocenters. The van der Waals surface area contributed by atoms with Crippen LogP contribution in [0.15, 0.2) is 0 Å². The lowest BCUT2D eigenvalue weighted by Crippen LogP contribution is -2.58.